The van der Waals surface area contributed by atoms with Crippen LogP contribution < -0.4 is 9.64 Å². The Kier molecular flexibility index (Phi) is 4.57. The lowest BCUT2D eigenvalue weighted by atomic mass is 10.0. The highest BCUT2D eigenvalue weighted by Gasteiger charge is 2.19. The topological polar surface area (TPSA) is 93.0 Å². The van der Waals surface area contributed by atoms with E-state index < -0.39 is 0 Å². The normalized spacial score (nSPS) is 13.6. The summed E-state index contributed by atoms with van der Waals surface area (Å²) in [4.78, 5) is 23.6. The highest BCUT2D eigenvalue weighted by atomic mass is 16.5. The van der Waals surface area contributed by atoms with Crippen molar-refractivity contribution in [2.24, 2.45) is 0 Å². The number of rotatable bonds is 3. The van der Waals surface area contributed by atoms with Gasteiger partial charge in [0, 0.05) is 29.9 Å². The van der Waals surface area contributed by atoms with E-state index in [0.29, 0.717) is 19.0 Å². The molecule has 8 nitrogen and oxygen atoms in total. The predicted octanol–water partition coefficient (Wildman–Crippen LogP) is 4.69. The molecule has 0 aliphatic carbocycles. The Hall–Kier alpha value is -4.20. The molecule has 33 heavy (non-hydrogen) atoms. The van der Waals surface area contributed by atoms with Crippen LogP contribution in [0.3, 0.4) is 0 Å². The summed E-state index contributed by atoms with van der Waals surface area (Å²) >= 11 is 0. The molecule has 1 N–H and O–H groups in total. The van der Waals surface area contributed by atoms with Crippen molar-refractivity contribution in [1.29, 1.82) is 0 Å². The summed E-state index contributed by atoms with van der Waals surface area (Å²) in [5, 5.41) is 0. The molecule has 0 amide bonds. The molecular weight excluding hydrogens is 416 g/mol. The van der Waals surface area contributed by atoms with E-state index in [9.17, 15) is 0 Å². The molecule has 1 aliphatic rings. The van der Waals surface area contributed by atoms with E-state index in [4.69, 9.17) is 14.1 Å². The zero-order chi connectivity index (χ0) is 22.4. The van der Waals surface area contributed by atoms with E-state index in [1.165, 1.54) is 0 Å². The van der Waals surface area contributed by atoms with Gasteiger partial charge in [0.2, 0.25) is 0 Å². The van der Waals surface area contributed by atoms with Crippen molar-refractivity contribution in [3.05, 3.63) is 72.1 Å². The molecule has 0 radical (unpaired) electrons. The molecule has 0 spiro atoms. The van der Waals surface area contributed by atoms with Gasteiger partial charge in [-0.25, -0.2) is 19.9 Å². The molecule has 0 saturated carbocycles. The third-order valence-electron chi connectivity index (χ3n) is 5.75. The molecule has 6 rings (SSSR count). The number of H-pyrrole nitrogens is 1. The van der Waals surface area contributed by atoms with Crippen LogP contribution >= 0.6 is 0 Å². The number of hydrogen-bond donors (Lipinski definition) is 1. The van der Waals surface area contributed by atoms with Gasteiger partial charge in [-0.05, 0) is 49.7 Å². The molecule has 8 heteroatoms. The van der Waals surface area contributed by atoms with E-state index in [-0.39, 0.29) is 0 Å². The number of fused-ring (bicyclic) bond motifs is 2. The van der Waals surface area contributed by atoms with E-state index in [1.807, 2.05) is 44.3 Å². The summed E-state index contributed by atoms with van der Waals surface area (Å²) < 4.78 is 11.6. The predicted molar refractivity (Wildman–Crippen MR) is 125 cm³/mol. The van der Waals surface area contributed by atoms with Gasteiger partial charge in [-0.15, -0.1) is 0 Å². The molecule has 4 aromatic heterocycles. The van der Waals surface area contributed by atoms with Crippen LogP contribution in [-0.4, -0.2) is 38.1 Å². The first-order valence-corrected chi connectivity index (χ1v) is 10.9. The van der Waals surface area contributed by atoms with Crippen LogP contribution in [0.4, 0.5) is 5.82 Å². The van der Waals surface area contributed by atoms with E-state index >= 15 is 0 Å². The Labute approximate surface area is 190 Å². The maximum Gasteiger partial charge on any atom is 0.177 e. The number of ether oxygens (including phenoxy) is 1. The summed E-state index contributed by atoms with van der Waals surface area (Å²) in [5.74, 6) is 4.03. The number of nitrogens with one attached hydrogen (secondary N) is 1. The number of aromatic amines is 1. The fourth-order valence-corrected chi connectivity index (χ4v) is 4.21. The highest BCUT2D eigenvalue weighted by Crippen LogP contribution is 2.32. The number of aromatic nitrogens is 5. The van der Waals surface area contributed by atoms with Crippen LogP contribution in [0.5, 0.6) is 5.75 Å². The highest BCUT2D eigenvalue weighted by molar-refractivity contribution is 5.78. The second-order valence-electron chi connectivity index (χ2n) is 8.15. The van der Waals surface area contributed by atoms with E-state index in [2.05, 4.69) is 43.0 Å². The zero-order valence-electron chi connectivity index (χ0n) is 18.4. The van der Waals surface area contributed by atoms with Crippen molar-refractivity contribution in [1.82, 2.24) is 24.9 Å². The maximum absolute atomic E-state index is 6.06. The lowest BCUT2D eigenvalue weighted by Crippen LogP contribution is -2.26. The van der Waals surface area contributed by atoms with Gasteiger partial charge in [0.05, 0.1) is 18.3 Å². The maximum atomic E-state index is 6.06. The van der Waals surface area contributed by atoms with Crippen molar-refractivity contribution in [2.45, 2.75) is 20.4 Å². The van der Waals surface area contributed by atoms with Crippen LogP contribution in [0.25, 0.3) is 33.7 Å². The van der Waals surface area contributed by atoms with Gasteiger partial charge in [-0.1, -0.05) is 6.07 Å². The van der Waals surface area contributed by atoms with Crippen LogP contribution in [0.15, 0.2) is 59.3 Å². The number of hydrogen-bond acceptors (Lipinski definition) is 7. The third-order valence-corrected chi connectivity index (χ3v) is 5.75. The van der Waals surface area contributed by atoms with E-state index in [0.717, 1.165) is 63.2 Å². The van der Waals surface area contributed by atoms with Crippen molar-refractivity contribution in [3.63, 3.8) is 0 Å². The van der Waals surface area contributed by atoms with E-state index in [1.54, 1.807) is 6.26 Å². The summed E-state index contributed by atoms with van der Waals surface area (Å²) in [6.07, 6.45) is 3.52. The third kappa shape index (κ3) is 3.69. The Bertz CT molecular complexity index is 1460. The summed E-state index contributed by atoms with van der Waals surface area (Å²) in [6.45, 7) is 5.81. The fourth-order valence-electron chi connectivity index (χ4n) is 4.21. The Balaban J connectivity index is 1.35. The molecule has 0 bridgehead atoms. The van der Waals surface area contributed by atoms with Crippen molar-refractivity contribution < 1.29 is 9.15 Å². The lowest BCUT2D eigenvalue weighted by Gasteiger charge is -2.21. The number of aryl methyl sites for hydroxylation is 2. The summed E-state index contributed by atoms with van der Waals surface area (Å²) in [7, 11) is 0. The standard InChI is InChI=1S/C25H22N6O2/c1-15-27-20(23-4-3-8-32-23)12-24(29-15)31-7-9-33-22-6-5-17(10-19(22)14-31)18-11-21-25(26-13-18)30-16(2)28-21/h3-6,8,10-13H,7,9,14H2,1-2H3,(H,26,28,30). The van der Waals surface area contributed by atoms with Gasteiger partial charge in [0.1, 0.15) is 35.5 Å². The number of anilines is 1. The Morgan fingerprint density at radius 1 is 1.00 bits per heavy atom. The largest absolute Gasteiger partial charge is 0.491 e. The zero-order valence-corrected chi connectivity index (χ0v) is 18.4. The molecular formula is C25H22N6O2. The van der Waals surface area contributed by atoms with Crippen LogP contribution in [0.2, 0.25) is 0 Å². The quantitative estimate of drug-likeness (QED) is 0.437. The van der Waals surface area contributed by atoms with Crippen molar-refractivity contribution in [3.8, 4) is 28.3 Å². The molecule has 0 fully saturated rings. The lowest BCUT2D eigenvalue weighted by molar-refractivity contribution is 0.331. The summed E-state index contributed by atoms with van der Waals surface area (Å²) in [6, 6.07) is 14.1. The fraction of sp³-hybridized carbons (Fsp3) is 0.200. The molecule has 5 aromatic rings. The number of furan rings is 1. The average Bonchev–Trinajstić information content (AvgIpc) is 3.42. The molecule has 164 valence electrons. The molecule has 0 unspecified atom stereocenters. The molecule has 1 aliphatic heterocycles. The van der Waals surface area contributed by atoms with Gasteiger partial charge >= 0.3 is 0 Å². The first-order chi connectivity index (χ1) is 16.1. The summed E-state index contributed by atoms with van der Waals surface area (Å²) in [5.41, 5.74) is 5.64. The number of imidazole rings is 1. The second kappa shape index (κ2) is 7.74. The number of nitrogens with zero attached hydrogens (tertiary/aromatic N) is 5. The van der Waals surface area contributed by atoms with Gasteiger partial charge < -0.3 is 19.0 Å². The SMILES string of the molecule is Cc1nc(-c2ccco2)cc(N2CCOc3ccc(-c4cnc5nc(C)[nH]c5c4)cc3C2)n1. The van der Waals surface area contributed by atoms with Crippen molar-refractivity contribution in [2.75, 3.05) is 18.1 Å². The first-order valence-electron chi connectivity index (χ1n) is 10.9. The minimum atomic E-state index is 0.576. The molecule has 5 heterocycles. The molecule has 0 saturated heterocycles. The minimum absolute atomic E-state index is 0.576. The van der Waals surface area contributed by atoms with Crippen LogP contribution in [0.1, 0.15) is 17.2 Å². The van der Waals surface area contributed by atoms with Gasteiger partial charge in [-0.3, -0.25) is 0 Å². The second-order valence-corrected chi connectivity index (χ2v) is 8.15. The number of benzene rings is 1. The molecule has 1 aromatic carbocycles. The van der Waals surface area contributed by atoms with Gasteiger partial charge in [0.15, 0.2) is 11.4 Å². The Morgan fingerprint density at radius 3 is 2.82 bits per heavy atom. The minimum Gasteiger partial charge on any atom is -0.491 e. The number of pyridine rings is 1. The Morgan fingerprint density at radius 2 is 1.94 bits per heavy atom. The molecule has 0 atom stereocenters. The monoisotopic (exact) mass is 438 g/mol. The first kappa shape index (κ1) is 19.5. The average molecular weight is 438 g/mol. The smallest absolute Gasteiger partial charge is 0.177 e. The van der Waals surface area contributed by atoms with Gasteiger partial charge in [-0.2, -0.15) is 0 Å². The van der Waals surface area contributed by atoms with Crippen molar-refractivity contribution >= 4 is 17.0 Å². The van der Waals surface area contributed by atoms with Gasteiger partial charge in [0.25, 0.3) is 0 Å². The van der Waals surface area contributed by atoms with Crippen LogP contribution in [0, 0.1) is 13.8 Å². The van der Waals surface area contributed by atoms with Crippen LogP contribution in [-0.2, 0) is 6.54 Å².